The van der Waals surface area contributed by atoms with Crippen molar-refractivity contribution in [3.05, 3.63) is 60.4 Å². The molecule has 1 aromatic heterocycles. The van der Waals surface area contributed by atoms with Crippen LogP contribution in [0.25, 0.3) is 5.69 Å². The van der Waals surface area contributed by atoms with Crippen molar-refractivity contribution in [1.29, 1.82) is 0 Å². The van der Waals surface area contributed by atoms with Crippen molar-refractivity contribution >= 4 is 0 Å². The van der Waals surface area contributed by atoms with E-state index >= 15 is 0 Å². The summed E-state index contributed by atoms with van der Waals surface area (Å²) in [5, 5.41) is 0. The molecule has 0 radical (unpaired) electrons. The van der Waals surface area contributed by atoms with E-state index in [1.165, 1.54) is 37.1 Å². The molecule has 0 spiro atoms. The Hall–Kier alpha value is -1.63. The van der Waals surface area contributed by atoms with Crippen LogP contribution in [0, 0.1) is 0 Å². The lowest BCUT2D eigenvalue weighted by Gasteiger charge is -2.03. The predicted molar refractivity (Wildman–Crippen MR) is 75.8 cm³/mol. The molecule has 1 aromatic carbocycles. The Bertz CT molecular complexity index is 462. The molecule has 0 aliphatic carbocycles. The lowest BCUT2D eigenvalue weighted by molar-refractivity contribution is -0.604. The van der Waals surface area contributed by atoms with Gasteiger partial charge in [0, 0.05) is 30.7 Å². The van der Waals surface area contributed by atoms with E-state index < -0.39 is 0 Å². The van der Waals surface area contributed by atoms with E-state index in [0.717, 1.165) is 6.42 Å². The predicted octanol–water partition coefficient (Wildman–Crippen LogP) is 4.09. The first-order valence-corrected chi connectivity index (χ1v) is 6.97. The average molecular weight is 240 g/mol. The summed E-state index contributed by atoms with van der Waals surface area (Å²) in [7, 11) is 0. The largest absolute Gasteiger partial charge is 0.210 e. The van der Waals surface area contributed by atoms with Crippen LogP contribution >= 0.6 is 0 Å². The van der Waals surface area contributed by atoms with Gasteiger partial charge in [-0.25, -0.2) is 0 Å². The second kappa shape index (κ2) is 6.95. The Morgan fingerprint density at radius 3 is 2.39 bits per heavy atom. The number of hydrogen-bond donors (Lipinski definition) is 0. The molecule has 0 unspecified atom stereocenters. The normalized spacial score (nSPS) is 10.5. The second-order valence-electron chi connectivity index (χ2n) is 4.71. The molecule has 94 valence electrons. The average Bonchev–Trinajstić information content (AvgIpc) is 2.45. The highest BCUT2D eigenvalue weighted by Crippen LogP contribution is 2.07. The van der Waals surface area contributed by atoms with E-state index in [1.54, 1.807) is 0 Å². The molecule has 0 aliphatic heterocycles. The molecule has 2 aromatic rings. The minimum absolute atomic E-state index is 1.16. The third-order valence-electron chi connectivity index (χ3n) is 3.27. The van der Waals surface area contributed by atoms with E-state index in [9.17, 15) is 0 Å². The first-order valence-electron chi connectivity index (χ1n) is 6.97. The van der Waals surface area contributed by atoms with Gasteiger partial charge in [0.05, 0.1) is 0 Å². The summed E-state index contributed by atoms with van der Waals surface area (Å²) >= 11 is 0. The van der Waals surface area contributed by atoms with Gasteiger partial charge in [0.15, 0.2) is 11.9 Å². The Balaban J connectivity index is 2.11. The number of rotatable bonds is 6. The van der Waals surface area contributed by atoms with Gasteiger partial charge in [-0.3, -0.25) is 0 Å². The molecule has 0 amide bonds. The van der Waals surface area contributed by atoms with Crippen LogP contribution in [0.2, 0.25) is 0 Å². The molecule has 2 rings (SSSR count). The van der Waals surface area contributed by atoms with Gasteiger partial charge >= 0.3 is 0 Å². The fraction of sp³-hybridized carbons (Fsp3) is 0.353. The van der Waals surface area contributed by atoms with Gasteiger partial charge in [-0.05, 0) is 6.42 Å². The molecule has 0 atom stereocenters. The van der Waals surface area contributed by atoms with Crippen molar-refractivity contribution in [2.45, 2.75) is 39.0 Å². The summed E-state index contributed by atoms with van der Waals surface area (Å²) in [6.07, 6.45) is 8.58. The summed E-state index contributed by atoms with van der Waals surface area (Å²) in [6, 6.07) is 17.0. The minimum atomic E-state index is 1.16. The summed E-state index contributed by atoms with van der Waals surface area (Å²) in [6.45, 7) is 2.26. The molecule has 0 saturated heterocycles. The summed E-state index contributed by atoms with van der Waals surface area (Å²) in [5.74, 6) is 0. The standard InChI is InChI=1S/C17H22N/c1-2-3-4-6-11-17-14-9-10-15-18(17)16-12-7-5-8-13-16/h5,7-10,12-15H,2-4,6,11H2,1H3/q+1. The Morgan fingerprint density at radius 2 is 1.61 bits per heavy atom. The van der Waals surface area contributed by atoms with Crippen molar-refractivity contribution in [3.8, 4) is 5.69 Å². The SMILES string of the molecule is CCCCCCc1cccc[n+]1-c1ccccc1. The van der Waals surface area contributed by atoms with Crippen molar-refractivity contribution in [1.82, 2.24) is 0 Å². The summed E-state index contributed by atoms with van der Waals surface area (Å²) < 4.78 is 2.30. The molecular formula is C17H22N+. The number of para-hydroxylation sites is 1. The molecule has 0 bridgehead atoms. The molecule has 0 N–H and O–H groups in total. The number of nitrogens with zero attached hydrogens (tertiary/aromatic N) is 1. The molecule has 18 heavy (non-hydrogen) atoms. The third-order valence-corrected chi connectivity index (χ3v) is 3.27. The monoisotopic (exact) mass is 240 g/mol. The van der Waals surface area contributed by atoms with Crippen LogP contribution in [0.5, 0.6) is 0 Å². The van der Waals surface area contributed by atoms with E-state index in [4.69, 9.17) is 0 Å². The molecule has 0 aliphatic rings. The smallest absolute Gasteiger partial charge is 0.165 e. The molecular weight excluding hydrogens is 218 g/mol. The van der Waals surface area contributed by atoms with E-state index in [0.29, 0.717) is 0 Å². The highest BCUT2D eigenvalue weighted by molar-refractivity contribution is 5.22. The zero-order valence-corrected chi connectivity index (χ0v) is 11.2. The van der Waals surface area contributed by atoms with Crippen LogP contribution in [0.1, 0.15) is 38.3 Å². The number of hydrogen-bond acceptors (Lipinski definition) is 0. The van der Waals surface area contributed by atoms with Gasteiger partial charge in [0.25, 0.3) is 0 Å². The van der Waals surface area contributed by atoms with E-state index in [1.807, 2.05) is 0 Å². The molecule has 1 nitrogen and oxygen atoms in total. The number of aryl methyl sites for hydroxylation is 1. The first-order chi connectivity index (χ1) is 8.92. The maximum atomic E-state index is 2.30. The van der Waals surface area contributed by atoms with Crippen LogP contribution in [0.4, 0.5) is 0 Å². The Kier molecular flexibility index (Phi) is 4.95. The number of pyridine rings is 1. The number of aromatic nitrogens is 1. The Labute approximate surface area is 110 Å². The summed E-state index contributed by atoms with van der Waals surface area (Å²) in [4.78, 5) is 0. The zero-order chi connectivity index (χ0) is 12.6. The first kappa shape index (κ1) is 12.8. The van der Waals surface area contributed by atoms with Gasteiger partial charge in [0.2, 0.25) is 5.69 Å². The van der Waals surface area contributed by atoms with Crippen molar-refractivity contribution in [2.75, 3.05) is 0 Å². The van der Waals surface area contributed by atoms with Crippen LogP contribution in [-0.2, 0) is 6.42 Å². The van der Waals surface area contributed by atoms with E-state index in [-0.39, 0.29) is 0 Å². The highest BCUT2D eigenvalue weighted by atomic mass is 15.0. The lowest BCUT2D eigenvalue weighted by atomic mass is 10.1. The maximum Gasteiger partial charge on any atom is 0.210 e. The van der Waals surface area contributed by atoms with Crippen molar-refractivity contribution in [2.24, 2.45) is 0 Å². The van der Waals surface area contributed by atoms with Crippen molar-refractivity contribution in [3.63, 3.8) is 0 Å². The molecule has 1 heteroatoms. The van der Waals surface area contributed by atoms with Crippen molar-refractivity contribution < 1.29 is 4.57 Å². The fourth-order valence-electron chi connectivity index (χ4n) is 2.26. The summed E-state index contributed by atoms with van der Waals surface area (Å²) in [5.41, 5.74) is 2.66. The Morgan fingerprint density at radius 1 is 0.833 bits per heavy atom. The van der Waals surface area contributed by atoms with Gasteiger partial charge in [-0.1, -0.05) is 50.5 Å². The van der Waals surface area contributed by atoms with Gasteiger partial charge in [-0.15, -0.1) is 0 Å². The molecule has 0 fully saturated rings. The van der Waals surface area contributed by atoms with E-state index in [2.05, 4.69) is 66.2 Å². The van der Waals surface area contributed by atoms with Gasteiger partial charge < -0.3 is 0 Å². The topological polar surface area (TPSA) is 3.88 Å². The second-order valence-corrected chi connectivity index (χ2v) is 4.71. The van der Waals surface area contributed by atoms with Crippen LogP contribution in [-0.4, -0.2) is 0 Å². The molecule has 1 heterocycles. The number of benzene rings is 1. The quantitative estimate of drug-likeness (QED) is 0.529. The van der Waals surface area contributed by atoms with Crippen LogP contribution in [0.15, 0.2) is 54.7 Å². The highest BCUT2D eigenvalue weighted by Gasteiger charge is 2.11. The maximum absolute atomic E-state index is 2.30. The minimum Gasteiger partial charge on any atom is -0.165 e. The van der Waals surface area contributed by atoms with Gasteiger partial charge in [0.1, 0.15) is 0 Å². The van der Waals surface area contributed by atoms with Crippen LogP contribution in [0.3, 0.4) is 0 Å². The molecule has 0 saturated carbocycles. The fourth-order valence-corrected chi connectivity index (χ4v) is 2.26. The van der Waals surface area contributed by atoms with Gasteiger partial charge in [-0.2, -0.15) is 4.57 Å². The lowest BCUT2D eigenvalue weighted by Crippen LogP contribution is -2.34. The zero-order valence-electron chi connectivity index (χ0n) is 11.2. The van der Waals surface area contributed by atoms with Crippen LogP contribution < -0.4 is 4.57 Å². The number of unbranched alkanes of at least 4 members (excludes halogenated alkanes) is 3. The third kappa shape index (κ3) is 3.43.